The van der Waals surface area contributed by atoms with Gasteiger partial charge in [-0.1, -0.05) is 37.6 Å². The molecule has 0 fully saturated rings. The zero-order chi connectivity index (χ0) is 18.7. The molecule has 0 saturated carbocycles. The first kappa shape index (κ1) is 18.3. The molecule has 2 N–H and O–H groups in total. The maximum Gasteiger partial charge on any atom is 0.280 e. The summed E-state index contributed by atoms with van der Waals surface area (Å²) < 4.78 is 0. The number of aliphatic imine (C=N–C) groups is 1. The van der Waals surface area contributed by atoms with E-state index in [2.05, 4.69) is 29.5 Å². The first-order valence-electron chi connectivity index (χ1n) is 8.58. The van der Waals surface area contributed by atoms with Gasteiger partial charge in [-0.2, -0.15) is 0 Å². The van der Waals surface area contributed by atoms with Gasteiger partial charge in [-0.05, 0) is 23.6 Å². The molecule has 0 unspecified atom stereocenters. The molecule has 8 heteroatoms. The zero-order valence-electron chi connectivity index (χ0n) is 14.8. The first-order chi connectivity index (χ1) is 12.5. The lowest BCUT2D eigenvalue weighted by molar-refractivity contribution is -0.125. The maximum absolute atomic E-state index is 12.8. The highest BCUT2D eigenvalue weighted by Crippen LogP contribution is 2.23. The van der Waals surface area contributed by atoms with Gasteiger partial charge in [0.1, 0.15) is 11.5 Å². The van der Waals surface area contributed by atoms with Crippen LogP contribution in [0.2, 0.25) is 5.02 Å². The van der Waals surface area contributed by atoms with Crippen molar-refractivity contribution in [2.75, 3.05) is 19.6 Å². The van der Waals surface area contributed by atoms with Crippen LogP contribution in [0.3, 0.4) is 0 Å². The summed E-state index contributed by atoms with van der Waals surface area (Å²) in [6.45, 7) is 6.45. The van der Waals surface area contributed by atoms with Crippen LogP contribution in [0, 0.1) is 5.92 Å². The van der Waals surface area contributed by atoms with Crippen molar-refractivity contribution in [2.24, 2.45) is 10.9 Å². The second kappa shape index (κ2) is 7.78. The van der Waals surface area contributed by atoms with Crippen molar-refractivity contribution >= 4 is 29.9 Å². The minimum atomic E-state index is -0.244. The summed E-state index contributed by atoms with van der Waals surface area (Å²) in [5, 5.41) is 6.54. The minimum Gasteiger partial charge on any atom is -0.365 e. The Morgan fingerprint density at radius 2 is 2.04 bits per heavy atom. The van der Waals surface area contributed by atoms with Crippen LogP contribution < -0.4 is 10.6 Å². The van der Waals surface area contributed by atoms with Crippen LogP contribution in [-0.4, -0.2) is 47.7 Å². The van der Waals surface area contributed by atoms with E-state index in [0.717, 1.165) is 5.56 Å². The van der Waals surface area contributed by atoms with Gasteiger partial charge in [0.25, 0.3) is 5.91 Å². The van der Waals surface area contributed by atoms with E-state index >= 15 is 0 Å². The normalized spacial score (nSPS) is 16.8. The number of halogens is 1. The van der Waals surface area contributed by atoms with E-state index in [1.807, 2.05) is 29.2 Å². The molecular formula is C18H22ClN5O2. The largest absolute Gasteiger partial charge is 0.365 e. The maximum atomic E-state index is 12.8. The van der Waals surface area contributed by atoms with Gasteiger partial charge in [0.15, 0.2) is 0 Å². The SMILES string of the molecule is CC(C)CN1C2=NCCN2C(=O)C(NC=O)=C1NCc1ccc(Cl)cc1. The Kier molecular flexibility index (Phi) is 5.46. The third-order valence-electron chi connectivity index (χ3n) is 4.15. The second-order valence-electron chi connectivity index (χ2n) is 6.61. The lowest BCUT2D eigenvalue weighted by Crippen LogP contribution is -2.55. The summed E-state index contributed by atoms with van der Waals surface area (Å²) in [4.78, 5) is 31.9. The molecule has 2 heterocycles. The molecule has 0 radical (unpaired) electrons. The molecule has 2 amide bonds. The summed E-state index contributed by atoms with van der Waals surface area (Å²) in [5.41, 5.74) is 1.26. The summed E-state index contributed by atoms with van der Waals surface area (Å²) in [6, 6.07) is 7.47. The van der Waals surface area contributed by atoms with Crippen molar-refractivity contribution in [2.45, 2.75) is 20.4 Å². The van der Waals surface area contributed by atoms with Crippen molar-refractivity contribution in [3.8, 4) is 0 Å². The Bertz CT molecular complexity index is 757. The topological polar surface area (TPSA) is 77.0 Å². The molecule has 138 valence electrons. The van der Waals surface area contributed by atoms with Gasteiger partial charge in [-0.15, -0.1) is 0 Å². The van der Waals surface area contributed by atoms with Gasteiger partial charge >= 0.3 is 0 Å². The number of rotatable bonds is 7. The second-order valence-corrected chi connectivity index (χ2v) is 7.05. The fraction of sp³-hybridized carbons (Fsp3) is 0.389. The van der Waals surface area contributed by atoms with Gasteiger partial charge in [-0.25, -0.2) is 0 Å². The summed E-state index contributed by atoms with van der Waals surface area (Å²) in [6.07, 6.45) is 0.531. The average molecular weight is 376 g/mol. The highest BCUT2D eigenvalue weighted by atomic mass is 35.5. The number of benzene rings is 1. The van der Waals surface area contributed by atoms with Crippen LogP contribution in [0.15, 0.2) is 40.8 Å². The van der Waals surface area contributed by atoms with E-state index in [-0.39, 0.29) is 11.6 Å². The summed E-state index contributed by atoms with van der Waals surface area (Å²) in [7, 11) is 0. The Balaban J connectivity index is 1.93. The number of fused-ring (bicyclic) bond motifs is 1. The highest BCUT2D eigenvalue weighted by Gasteiger charge is 2.39. The zero-order valence-corrected chi connectivity index (χ0v) is 15.6. The van der Waals surface area contributed by atoms with Crippen molar-refractivity contribution < 1.29 is 9.59 Å². The fourth-order valence-corrected chi connectivity index (χ4v) is 3.15. The molecule has 3 rings (SSSR count). The number of amides is 2. The number of carbonyl (C=O) groups is 2. The lowest BCUT2D eigenvalue weighted by atomic mass is 10.1. The van der Waals surface area contributed by atoms with Gasteiger partial charge in [0.05, 0.1) is 6.54 Å². The molecule has 0 atom stereocenters. The van der Waals surface area contributed by atoms with Crippen LogP contribution in [-0.2, 0) is 16.1 Å². The Morgan fingerprint density at radius 1 is 1.31 bits per heavy atom. The molecule has 0 aromatic heterocycles. The molecular weight excluding hydrogens is 354 g/mol. The third-order valence-corrected chi connectivity index (χ3v) is 4.40. The van der Waals surface area contributed by atoms with Crippen LogP contribution in [0.5, 0.6) is 0 Å². The number of nitrogens with one attached hydrogen (secondary N) is 2. The van der Waals surface area contributed by atoms with E-state index in [1.165, 1.54) is 0 Å². The highest BCUT2D eigenvalue weighted by molar-refractivity contribution is 6.30. The average Bonchev–Trinajstić information content (AvgIpc) is 3.09. The van der Waals surface area contributed by atoms with Crippen molar-refractivity contribution in [3.05, 3.63) is 46.4 Å². The molecule has 1 aromatic carbocycles. The molecule has 26 heavy (non-hydrogen) atoms. The van der Waals surface area contributed by atoms with Crippen molar-refractivity contribution in [3.63, 3.8) is 0 Å². The first-order valence-corrected chi connectivity index (χ1v) is 8.95. The Labute approximate surface area is 157 Å². The van der Waals surface area contributed by atoms with Crippen LogP contribution in [0.1, 0.15) is 19.4 Å². The van der Waals surface area contributed by atoms with E-state index < -0.39 is 0 Å². The minimum absolute atomic E-state index is 0.244. The predicted molar refractivity (Wildman–Crippen MR) is 100 cm³/mol. The standard InChI is InChI=1S/C18H22ClN5O2/c1-12(2)10-24-16(21-9-13-3-5-14(19)6-4-13)15(22-11-25)17(26)23-8-7-20-18(23)24/h3-6,11-12,21H,7-10H2,1-2H3,(H,22,25). The smallest absolute Gasteiger partial charge is 0.280 e. The van der Waals surface area contributed by atoms with Crippen molar-refractivity contribution in [1.29, 1.82) is 0 Å². The number of carbonyl (C=O) groups excluding carboxylic acids is 2. The van der Waals surface area contributed by atoms with Gasteiger partial charge in [0, 0.05) is 24.7 Å². The Morgan fingerprint density at radius 3 is 2.69 bits per heavy atom. The van der Waals surface area contributed by atoms with Gasteiger partial charge < -0.3 is 10.6 Å². The van der Waals surface area contributed by atoms with Gasteiger partial charge in [-0.3, -0.25) is 24.4 Å². The molecule has 0 spiro atoms. The monoisotopic (exact) mass is 375 g/mol. The van der Waals surface area contributed by atoms with E-state index in [9.17, 15) is 9.59 Å². The molecule has 7 nitrogen and oxygen atoms in total. The van der Waals surface area contributed by atoms with E-state index in [0.29, 0.717) is 55.3 Å². The number of guanidine groups is 1. The summed E-state index contributed by atoms with van der Waals surface area (Å²) >= 11 is 5.93. The predicted octanol–water partition coefficient (Wildman–Crippen LogP) is 1.51. The third kappa shape index (κ3) is 3.67. The molecule has 1 aromatic rings. The van der Waals surface area contributed by atoms with E-state index in [1.54, 1.807) is 4.90 Å². The van der Waals surface area contributed by atoms with Crippen LogP contribution >= 0.6 is 11.6 Å². The van der Waals surface area contributed by atoms with Crippen LogP contribution in [0.25, 0.3) is 0 Å². The summed E-state index contributed by atoms with van der Waals surface area (Å²) in [5.74, 6) is 1.31. The molecule has 0 bridgehead atoms. The quantitative estimate of drug-likeness (QED) is 0.708. The van der Waals surface area contributed by atoms with Gasteiger partial charge in [0.2, 0.25) is 12.4 Å². The molecule has 0 saturated heterocycles. The van der Waals surface area contributed by atoms with Crippen molar-refractivity contribution in [1.82, 2.24) is 20.4 Å². The lowest BCUT2D eigenvalue weighted by Gasteiger charge is -2.38. The Hall–Kier alpha value is -2.54. The molecule has 0 aliphatic carbocycles. The fourth-order valence-electron chi connectivity index (χ4n) is 3.03. The van der Waals surface area contributed by atoms with Crippen LogP contribution in [0.4, 0.5) is 0 Å². The molecule has 2 aliphatic heterocycles. The number of hydrogen-bond acceptors (Lipinski definition) is 5. The molecule has 2 aliphatic rings. The number of hydrogen-bond donors (Lipinski definition) is 2. The van der Waals surface area contributed by atoms with E-state index in [4.69, 9.17) is 11.6 Å². The number of nitrogens with zero attached hydrogens (tertiary/aromatic N) is 3.